The minimum atomic E-state index is -0.0347. The summed E-state index contributed by atoms with van der Waals surface area (Å²) >= 11 is 0. The molecule has 1 aliphatic rings. The summed E-state index contributed by atoms with van der Waals surface area (Å²) in [6.07, 6.45) is 4.20. The van der Waals surface area contributed by atoms with Crippen molar-refractivity contribution in [1.29, 1.82) is 0 Å². The summed E-state index contributed by atoms with van der Waals surface area (Å²) < 4.78 is 0. The van der Waals surface area contributed by atoms with Crippen molar-refractivity contribution in [1.82, 2.24) is 10.3 Å². The Kier molecular flexibility index (Phi) is 4.52. The van der Waals surface area contributed by atoms with Crippen LogP contribution in [0.25, 0.3) is 0 Å². The monoisotopic (exact) mass is 248 g/mol. The summed E-state index contributed by atoms with van der Waals surface area (Å²) in [5.74, 6) is 0.963. The number of aromatic nitrogens is 1. The SMILES string of the molecule is CCNCC(=O)Nc1ccc(N2CCCC2)nc1. The molecule has 0 bridgehead atoms. The zero-order chi connectivity index (χ0) is 12.8. The van der Waals surface area contributed by atoms with Crippen molar-refractivity contribution >= 4 is 17.4 Å². The number of likely N-dealkylation sites (N-methyl/N-ethyl adjacent to an activating group) is 1. The Morgan fingerprint density at radius 1 is 1.39 bits per heavy atom. The molecule has 98 valence electrons. The number of nitrogens with one attached hydrogen (secondary N) is 2. The lowest BCUT2D eigenvalue weighted by atomic mass is 10.3. The van der Waals surface area contributed by atoms with Gasteiger partial charge in [0, 0.05) is 13.1 Å². The largest absolute Gasteiger partial charge is 0.357 e. The summed E-state index contributed by atoms with van der Waals surface area (Å²) in [4.78, 5) is 18.2. The highest BCUT2D eigenvalue weighted by Crippen LogP contribution is 2.18. The van der Waals surface area contributed by atoms with Gasteiger partial charge in [-0.3, -0.25) is 4.79 Å². The van der Waals surface area contributed by atoms with Gasteiger partial charge in [-0.25, -0.2) is 4.98 Å². The Morgan fingerprint density at radius 3 is 2.78 bits per heavy atom. The lowest BCUT2D eigenvalue weighted by molar-refractivity contribution is -0.115. The van der Waals surface area contributed by atoms with Crippen LogP contribution in [0.5, 0.6) is 0 Å². The maximum Gasteiger partial charge on any atom is 0.238 e. The number of carbonyl (C=O) groups excluding carboxylic acids is 1. The first-order chi connectivity index (χ1) is 8.79. The van der Waals surface area contributed by atoms with Gasteiger partial charge in [-0.1, -0.05) is 6.92 Å². The van der Waals surface area contributed by atoms with Crippen molar-refractivity contribution in [2.24, 2.45) is 0 Å². The molecule has 1 aromatic heterocycles. The molecule has 1 aliphatic heterocycles. The summed E-state index contributed by atoms with van der Waals surface area (Å²) in [5, 5.41) is 5.80. The van der Waals surface area contributed by atoms with Gasteiger partial charge in [0.2, 0.25) is 5.91 Å². The number of hydrogen-bond donors (Lipinski definition) is 2. The second-order valence-corrected chi connectivity index (χ2v) is 4.43. The van der Waals surface area contributed by atoms with E-state index in [1.54, 1.807) is 6.20 Å². The van der Waals surface area contributed by atoms with Crippen molar-refractivity contribution in [3.8, 4) is 0 Å². The normalized spacial score (nSPS) is 14.8. The fraction of sp³-hybridized carbons (Fsp3) is 0.538. The van der Waals surface area contributed by atoms with Gasteiger partial charge in [0.25, 0.3) is 0 Å². The van der Waals surface area contributed by atoms with Gasteiger partial charge in [0.1, 0.15) is 5.82 Å². The van der Waals surface area contributed by atoms with Crippen LogP contribution in [0.4, 0.5) is 11.5 Å². The van der Waals surface area contributed by atoms with Crippen LogP contribution in [-0.2, 0) is 4.79 Å². The van der Waals surface area contributed by atoms with Crippen molar-refractivity contribution in [3.63, 3.8) is 0 Å². The Balaban J connectivity index is 1.88. The van der Waals surface area contributed by atoms with Crippen molar-refractivity contribution < 1.29 is 4.79 Å². The van der Waals surface area contributed by atoms with E-state index < -0.39 is 0 Å². The highest BCUT2D eigenvalue weighted by Gasteiger charge is 2.13. The average molecular weight is 248 g/mol. The van der Waals surface area contributed by atoms with Gasteiger partial charge in [0.15, 0.2) is 0 Å². The van der Waals surface area contributed by atoms with E-state index in [4.69, 9.17) is 0 Å². The summed E-state index contributed by atoms with van der Waals surface area (Å²) in [6.45, 7) is 5.27. The Labute approximate surface area is 108 Å². The third-order valence-corrected chi connectivity index (χ3v) is 3.00. The molecule has 1 aromatic rings. The first kappa shape index (κ1) is 12.8. The van der Waals surface area contributed by atoms with Gasteiger partial charge >= 0.3 is 0 Å². The molecule has 0 saturated carbocycles. The topological polar surface area (TPSA) is 57.3 Å². The molecule has 0 aromatic carbocycles. The maximum atomic E-state index is 11.5. The van der Waals surface area contributed by atoms with Crippen molar-refractivity contribution in [2.75, 3.05) is 36.4 Å². The van der Waals surface area contributed by atoms with Gasteiger partial charge in [-0.2, -0.15) is 0 Å². The van der Waals surface area contributed by atoms with E-state index in [9.17, 15) is 4.79 Å². The minimum absolute atomic E-state index is 0.0347. The fourth-order valence-electron chi connectivity index (χ4n) is 2.04. The number of rotatable bonds is 5. The number of hydrogen-bond acceptors (Lipinski definition) is 4. The maximum absolute atomic E-state index is 11.5. The first-order valence-corrected chi connectivity index (χ1v) is 6.51. The third-order valence-electron chi connectivity index (χ3n) is 3.00. The fourth-order valence-corrected chi connectivity index (χ4v) is 2.04. The molecule has 2 heterocycles. The predicted molar refractivity (Wildman–Crippen MR) is 72.9 cm³/mol. The van der Waals surface area contributed by atoms with Gasteiger partial charge < -0.3 is 15.5 Å². The molecule has 2 rings (SSSR count). The van der Waals surface area contributed by atoms with Crippen molar-refractivity contribution in [3.05, 3.63) is 18.3 Å². The Hall–Kier alpha value is -1.62. The summed E-state index contributed by atoms with van der Waals surface area (Å²) in [5.41, 5.74) is 0.751. The molecule has 0 unspecified atom stereocenters. The molecule has 1 amide bonds. The molecule has 0 radical (unpaired) electrons. The molecule has 5 nitrogen and oxygen atoms in total. The van der Waals surface area contributed by atoms with Crippen LogP contribution >= 0.6 is 0 Å². The molecular formula is C13H20N4O. The number of carbonyl (C=O) groups is 1. The van der Waals surface area contributed by atoms with E-state index in [1.807, 2.05) is 19.1 Å². The Bertz CT molecular complexity index is 384. The van der Waals surface area contributed by atoms with E-state index in [-0.39, 0.29) is 5.91 Å². The van der Waals surface area contributed by atoms with Crippen LogP contribution in [0, 0.1) is 0 Å². The van der Waals surface area contributed by atoms with E-state index in [1.165, 1.54) is 12.8 Å². The van der Waals surface area contributed by atoms with Crippen LogP contribution in [0.15, 0.2) is 18.3 Å². The highest BCUT2D eigenvalue weighted by molar-refractivity contribution is 5.92. The van der Waals surface area contributed by atoms with Crippen LogP contribution in [-0.4, -0.2) is 37.1 Å². The smallest absolute Gasteiger partial charge is 0.238 e. The number of pyridine rings is 1. The summed E-state index contributed by atoms with van der Waals surface area (Å²) in [7, 11) is 0. The lowest BCUT2D eigenvalue weighted by Gasteiger charge is -2.16. The molecule has 1 fully saturated rings. The second kappa shape index (κ2) is 6.35. The van der Waals surface area contributed by atoms with E-state index in [0.717, 1.165) is 31.1 Å². The predicted octanol–water partition coefficient (Wildman–Crippen LogP) is 1.23. The molecule has 18 heavy (non-hydrogen) atoms. The molecule has 1 saturated heterocycles. The molecular weight excluding hydrogens is 228 g/mol. The molecule has 0 atom stereocenters. The minimum Gasteiger partial charge on any atom is -0.357 e. The van der Waals surface area contributed by atoms with Gasteiger partial charge in [-0.15, -0.1) is 0 Å². The van der Waals surface area contributed by atoms with Gasteiger partial charge in [0.05, 0.1) is 18.4 Å². The zero-order valence-corrected chi connectivity index (χ0v) is 10.8. The van der Waals surface area contributed by atoms with E-state index in [0.29, 0.717) is 6.54 Å². The number of amides is 1. The van der Waals surface area contributed by atoms with Crippen LogP contribution in [0.3, 0.4) is 0 Å². The molecule has 0 spiro atoms. The molecule has 2 N–H and O–H groups in total. The third kappa shape index (κ3) is 3.43. The quantitative estimate of drug-likeness (QED) is 0.823. The van der Waals surface area contributed by atoms with Crippen molar-refractivity contribution in [2.45, 2.75) is 19.8 Å². The standard InChI is InChI=1S/C13H20N4O/c1-2-14-10-13(18)16-11-5-6-12(15-9-11)17-7-3-4-8-17/h5-6,9,14H,2-4,7-8,10H2,1H3,(H,16,18). The summed E-state index contributed by atoms with van der Waals surface area (Å²) in [6, 6.07) is 3.87. The first-order valence-electron chi connectivity index (χ1n) is 6.51. The average Bonchev–Trinajstić information content (AvgIpc) is 2.91. The molecule has 5 heteroatoms. The number of anilines is 2. The highest BCUT2D eigenvalue weighted by atomic mass is 16.1. The van der Waals surface area contributed by atoms with Crippen LogP contribution < -0.4 is 15.5 Å². The van der Waals surface area contributed by atoms with E-state index in [2.05, 4.69) is 20.5 Å². The lowest BCUT2D eigenvalue weighted by Crippen LogP contribution is -2.27. The molecule has 0 aliphatic carbocycles. The van der Waals surface area contributed by atoms with Crippen LogP contribution in [0.2, 0.25) is 0 Å². The van der Waals surface area contributed by atoms with Crippen LogP contribution in [0.1, 0.15) is 19.8 Å². The zero-order valence-electron chi connectivity index (χ0n) is 10.8. The Morgan fingerprint density at radius 2 is 2.17 bits per heavy atom. The number of nitrogens with zero attached hydrogens (tertiary/aromatic N) is 2. The second-order valence-electron chi connectivity index (χ2n) is 4.43. The van der Waals surface area contributed by atoms with E-state index >= 15 is 0 Å². The van der Waals surface area contributed by atoms with Gasteiger partial charge in [-0.05, 0) is 31.5 Å².